The third-order valence-electron chi connectivity index (χ3n) is 3.43. The van der Waals surface area contributed by atoms with E-state index in [0.717, 1.165) is 31.5 Å². The van der Waals surface area contributed by atoms with Crippen LogP contribution in [0.2, 0.25) is 0 Å². The van der Waals surface area contributed by atoms with Crippen molar-refractivity contribution in [3.05, 3.63) is 29.3 Å². The van der Waals surface area contributed by atoms with Crippen molar-refractivity contribution in [1.82, 2.24) is 10.6 Å². The molecule has 4 nitrogen and oxygen atoms in total. The fourth-order valence-electron chi connectivity index (χ4n) is 2.27. The molecule has 0 aliphatic carbocycles. The number of aromatic hydroxyl groups is 1. The highest BCUT2D eigenvalue weighted by molar-refractivity contribution is 5.97. The lowest BCUT2D eigenvalue weighted by atomic mass is 9.99. The zero-order valence-electron chi connectivity index (χ0n) is 10.7. The normalized spacial score (nSPS) is 19.5. The molecule has 1 atom stereocenters. The predicted molar refractivity (Wildman–Crippen MR) is 70.8 cm³/mol. The van der Waals surface area contributed by atoms with Gasteiger partial charge in [-0.05, 0) is 50.4 Å². The topological polar surface area (TPSA) is 61.4 Å². The molecular weight excluding hydrogens is 228 g/mol. The molecule has 1 aliphatic rings. The van der Waals surface area contributed by atoms with Crippen molar-refractivity contribution in [1.29, 1.82) is 0 Å². The summed E-state index contributed by atoms with van der Waals surface area (Å²) in [5, 5.41) is 16.0. The van der Waals surface area contributed by atoms with Gasteiger partial charge in [-0.3, -0.25) is 4.79 Å². The first-order valence-corrected chi connectivity index (χ1v) is 6.46. The van der Waals surface area contributed by atoms with E-state index in [1.54, 1.807) is 25.1 Å². The van der Waals surface area contributed by atoms with E-state index in [1.165, 1.54) is 0 Å². The largest absolute Gasteiger partial charge is 0.507 e. The van der Waals surface area contributed by atoms with E-state index in [-0.39, 0.29) is 11.7 Å². The van der Waals surface area contributed by atoms with Gasteiger partial charge >= 0.3 is 0 Å². The number of aryl methyl sites for hydroxylation is 1. The van der Waals surface area contributed by atoms with Crippen LogP contribution in [0, 0.1) is 12.8 Å². The van der Waals surface area contributed by atoms with Gasteiger partial charge < -0.3 is 15.7 Å². The fraction of sp³-hybridized carbons (Fsp3) is 0.500. The van der Waals surface area contributed by atoms with Gasteiger partial charge in [0.25, 0.3) is 5.91 Å². The minimum absolute atomic E-state index is 0.0803. The summed E-state index contributed by atoms with van der Waals surface area (Å²) in [6.07, 6.45) is 2.31. The summed E-state index contributed by atoms with van der Waals surface area (Å²) < 4.78 is 0. The van der Waals surface area contributed by atoms with E-state index in [9.17, 15) is 9.90 Å². The van der Waals surface area contributed by atoms with Gasteiger partial charge in [-0.15, -0.1) is 0 Å². The summed E-state index contributed by atoms with van der Waals surface area (Å²) in [6, 6.07) is 5.22. The van der Waals surface area contributed by atoms with Gasteiger partial charge in [-0.2, -0.15) is 0 Å². The highest BCUT2D eigenvalue weighted by Crippen LogP contribution is 2.21. The molecule has 1 fully saturated rings. The number of amides is 1. The van der Waals surface area contributed by atoms with E-state index in [2.05, 4.69) is 10.6 Å². The Hall–Kier alpha value is -1.55. The Kier molecular flexibility index (Phi) is 4.20. The zero-order chi connectivity index (χ0) is 13.0. The maximum Gasteiger partial charge on any atom is 0.255 e. The molecule has 1 unspecified atom stereocenters. The molecule has 1 heterocycles. The molecule has 2 rings (SSSR count). The summed E-state index contributed by atoms with van der Waals surface area (Å²) in [4.78, 5) is 12.0. The van der Waals surface area contributed by atoms with Crippen LogP contribution < -0.4 is 10.6 Å². The molecule has 0 spiro atoms. The molecule has 1 saturated heterocycles. The van der Waals surface area contributed by atoms with Gasteiger partial charge in [0, 0.05) is 6.54 Å². The SMILES string of the molecule is Cc1cccc(C(=O)NCC2CCCNC2)c1O. The molecule has 4 heteroatoms. The van der Waals surface area contributed by atoms with Gasteiger partial charge in [0.1, 0.15) is 5.75 Å². The minimum Gasteiger partial charge on any atom is -0.507 e. The quantitative estimate of drug-likeness (QED) is 0.758. The number of hydrogen-bond acceptors (Lipinski definition) is 3. The van der Waals surface area contributed by atoms with E-state index in [0.29, 0.717) is 18.0 Å². The van der Waals surface area contributed by atoms with E-state index in [1.807, 2.05) is 0 Å². The number of benzene rings is 1. The smallest absolute Gasteiger partial charge is 0.255 e. The third-order valence-corrected chi connectivity index (χ3v) is 3.43. The first kappa shape index (κ1) is 12.9. The summed E-state index contributed by atoms with van der Waals surface area (Å²) >= 11 is 0. The Balaban J connectivity index is 1.93. The average Bonchev–Trinajstić information content (AvgIpc) is 2.40. The molecule has 0 aromatic heterocycles. The molecule has 98 valence electrons. The summed E-state index contributed by atoms with van der Waals surface area (Å²) in [5.41, 5.74) is 1.08. The number of rotatable bonds is 3. The molecule has 1 aromatic carbocycles. The number of phenols is 1. The van der Waals surface area contributed by atoms with Crippen molar-refractivity contribution >= 4 is 5.91 Å². The summed E-state index contributed by atoms with van der Waals surface area (Å²) in [5.74, 6) is 0.383. The second-order valence-electron chi connectivity index (χ2n) is 4.89. The first-order valence-electron chi connectivity index (χ1n) is 6.46. The summed E-state index contributed by atoms with van der Waals surface area (Å²) in [7, 11) is 0. The first-order chi connectivity index (χ1) is 8.68. The lowest BCUT2D eigenvalue weighted by molar-refractivity contribution is 0.0942. The maximum atomic E-state index is 12.0. The molecule has 1 aromatic rings. The average molecular weight is 248 g/mol. The lowest BCUT2D eigenvalue weighted by Crippen LogP contribution is -2.38. The number of phenolic OH excluding ortho intramolecular Hbond substituents is 1. The van der Waals surface area contributed by atoms with Crippen LogP contribution in [0.15, 0.2) is 18.2 Å². The molecule has 1 aliphatic heterocycles. The van der Waals surface area contributed by atoms with Crippen molar-refractivity contribution in [3.63, 3.8) is 0 Å². The predicted octanol–water partition coefficient (Wildman–Crippen LogP) is 1.43. The highest BCUT2D eigenvalue weighted by Gasteiger charge is 2.16. The Morgan fingerprint density at radius 3 is 3.11 bits per heavy atom. The maximum absolute atomic E-state index is 12.0. The second kappa shape index (κ2) is 5.87. The second-order valence-corrected chi connectivity index (χ2v) is 4.89. The van der Waals surface area contributed by atoms with Crippen molar-refractivity contribution in [2.24, 2.45) is 5.92 Å². The molecule has 18 heavy (non-hydrogen) atoms. The van der Waals surface area contributed by atoms with Crippen LogP contribution in [-0.2, 0) is 0 Å². The molecule has 0 saturated carbocycles. The van der Waals surface area contributed by atoms with Crippen LogP contribution in [0.4, 0.5) is 0 Å². The molecule has 0 bridgehead atoms. The molecular formula is C14H20N2O2. The molecule has 3 N–H and O–H groups in total. The van der Waals surface area contributed by atoms with Crippen LogP contribution >= 0.6 is 0 Å². The van der Waals surface area contributed by atoms with Gasteiger partial charge in [0.05, 0.1) is 5.56 Å². The van der Waals surface area contributed by atoms with Gasteiger partial charge in [-0.25, -0.2) is 0 Å². The Morgan fingerprint density at radius 2 is 2.39 bits per heavy atom. The number of hydrogen-bond donors (Lipinski definition) is 3. The summed E-state index contributed by atoms with van der Waals surface area (Å²) in [6.45, 7) is 4.49. The monoisotopic (exact) mass is 248 g/mol. The number of para-hydroxylation sites is 1. The van der Waals surface area contributed by atoms with Crippen molar-refractivity contribution in [2.45, 2.75) is 19.8 Å². The van der Waals surface area contributed by atoms with Crippen molar-refractivity contribution in [3.8, 4) is 5.75 Å². The van der Waals surface area contributed by atoms with Crippen molar-refractivity contribution < 1.29 is 9.90 Å². The van der Waals surface area contributed by atoms with Gasteiger partial charge in [-0.1, -0.05) is 12.1 Å². The molecule has 1 amide bonds. The van der Waals surface area contributed by atoms with E-state index >= 15 is 0 Å². The lowest BCUT2D eigenvalue weighted by Gasteiger charge is -2.23. The minimum atomic E-state index is -0.193. The number of piperidine rings is 1. The zero-order valence-corrected chi connectivity index (χ0v) is 10.7. The van der Waals surface area contributed by atoms with Crippen LogP contribution in [0.1, 0.15) is 28.8 Å². The van der Waals surface area contributed by atoms with Gasteiger partial charge in [0.2, 0.25) is 0 Å². The highest BCUT2D eigenvalue weighted by atomic mass is 16.3. The Morgan fingerprint density at radius 1 is 1.56 bits per heavy atom. The van der Waals surface area contributed by atoms with Crippen LogP contribution in [0.5, 0.6) is 5.75 Å². The number of nitrogens with one attached hydrogen (secondary N) is 2. The Labute approximate surface area is 107 Å². The Bertz CT molecular complexity index is 426. The van der Waals surface area contributed by atoms with Crippen LogP contribution in [0.25, 0.3) is 0 Å². The molecule has 0 radical (unpaired) electrons. The van der Waals surface area contributed by atoms with Crippen LogP contribution in [0.3, 0.4) is 0 Å². The van der Waals surface area contributed by atoms with Crippen molar-refractivity contribution in [2.75, 3.05) is 19.6 Å². The standard InChI is InChI=1S/C14H20N2O2/c1-10-4-2-6-12(13(10)17)14(18)16-9-11-5-3-7-15-8-11/h2,4,6,11,15,17H,3,5,7-9H2,1H3,(H,16,18). The van der Waals surface area contributed by atoms with Crippen LogP contribution in [-0.4, -0.2) is 30.6 Å². The van der Waals surface area contributed by atoms with E-state index in [4.69, 9.17) is 0 Å². The number of carbonyl (C=O) groups excluding carboxylic acids is 1. The van der Waals surface area contributed by atoms with E-state index < -0.39 is 0 Å². The number of carbonyl (C=O) groups is 1. The fourth-order valence-corrected chi connectivity index (χ4v) is 2.27. The third kappa shape index (κ3) is 3.01. The van der Waals surface area contributed by atoms with Gasteiger partial charge in [0.15, 0.2) is 0 Å².